The van der Waals surface area contributed by atoms with E-state index in [1.165, 1.54) is 6.92 Å². The van der Waals surface area contributed by atoms with E-state index in [2.05, 4.69) is 51.9 Å². The molecule has 9 atom stereocenters. The summed E-state index contributed by atoms with van der Waals surface area (Å²) in [6.45, 7) is 15.0. The van der Waals surface area contributed by atoms with Crippen molar-refractivity contribution >= 4 is 17.7 Å². The van der Waals surface area contributed by atoms with Crippen molar-refractivity contribution in [3.63, 3.8) is 0 Å². The molecule has 0 N–H and O–H groups in total. The van der Waals surface area contributed by atoms with E-state index in [0.29, 0.717) is 13.0 Å². The van der Waals surface area contributed by atoms with E-state index in [1.807, 2.05) is 13.0 Å². The molecule has 5 aliphatic rings. The van der Waals surface area contributed by atoms with Crippen molar-refractivity contribution in [2.24, 2.45) is 38.7 Å². The van der Waals surface area contributed by atoms with Crippen LogP contribution in [0, 0.1) is 33.5 Å². The maximum atomic E-state index is 13.4. The topological polar surface area (TPSA) is 99.9 Å². The molecule has 4 fully saturated rings. The van der Waals surface area contributed by atoms with Gasteiger partial charge in [-0.15, -0.1) is 0 Å². The van der Waals surface area contributed by atoms with Gasteiger partial charge >= 0.3 is 11.9 Å². The Morgan fingerprint density at radius 1 is 1.16 bits per heavy atom. The molecule has 0 aromatic carbocycles. The first-order valence-corrected chi connectivity index (χ1v) is 13.8. The lowest BCUT2D eigenvalue weighted by molar-refractivity contribution is -0.249. The average Bonchev–Trinajstić information content (AvgIpc) is 3.42. The molecule has 2 unspecified atom stereocenters. The van der Waals surface area contributed by atoms with Crippen molar-refractivity contribution in [1.29, 1.82) is 0 Å². The lowest BCUT2D eigenvalue weighted by Crippen LogP contribution is -2.72. The summed E-state index contributed by atoms with van der Waals surface area (Å²) in [4.78, 5) is 31.4. The number of fused-ring (bicyclic) bond motifs is 3. The summed E-state index contributed by atoms with van der Waals surface area (Å²) in [5.41, 5.74) is -0.796. The number of allylic oxidation sites excluding steroid dienone is 2. The van der Waals surface area contributed by atoms with Crippen molar-refractivity contribution in [1.82, 2.24) is 0 Å². The lowest BCUT2D eigenvalue weighted by Gasteiger charge is -2.68. The van der Waals surface area contributed by atoms with Crippen molar-refractivity contribution in [2.45, 2.75) is 91.6 Å². The predicted octanol–water partition coefficient (Wildman–Crippen LogP) is 5.38. The fraction of sp³-hybridized carbons (Fsp3) is 0.700. The van der Waals surface area contributed by atoms with Gasteiger partial charge in [0.05, 0.1) is 18.2 Å². The third-order valence-electron chi connectivity index (χ3n) is 11.2. The first kappa shape index (κ1) is 25.7. The molecule has 2 saturated heterocycles. The van der Waals surface area contributed by atoms with E-state index >= 15 is 0 Å². The normalized spacial score (nSPS) is 47.2. The van der Waals surface area contributed by atoms with Gasteiger partial charge in [0.15, 0.2) is 6.10 Å². The van der Waals surface area contributed by atoms with Crippen LogP contribution in [0.2, 0.25) is 0 Å². The second-order valence-corrected chi connectivity index (χ2v) is 13.1. The molecule has 38 heavy (non-hydrogen) atoms. The van der Waals surface area contributed by atoms with Crippen LogP contribution in [0.5, 0.6) is 0 Å². The van der Waals surface area contributed by atoms with Gasteiger partial charge in [-0.2, -0.15) is 0 Å². The van der Waals surface area contributed by atoms with Crippen LogP contribution in [0.15, 0.2) is 40.3 Å². The Hall–Kier alpha value is -2.61. The second kappa shape index (κ2) is 7.96. The molecule has 0 amide bonds. The zero-order valence-electron chi connectivity index (χ0n) is 23.4. The number of carbonyl (C=O) groups excluding carboxylic acids is 2. The molecule has 8 nitrogen and oxygen atoms in total. The molecule has 3 heterocycles. The minimum Gasteiger partial charge on any atom is -0.472 e. The zero-order chi connectivity index (χ0) is 27.3. The standard InChI is InChI=1S/C30H39NO7/c1-8-35-31-21-10-12-27(5)19-9-13-28(6)23(18-11-14-34-16-18)37-25(33)24-30(28,38-24)29(19,7)22(36-17(2)32)15-20(27)26(21,3)4/h10-12,14,16,19-20,22-24H,8-9,13,15H2,1-7H3/b31-21+/t19?,20?,22-,23+,24-,27-,28+,29+,30-/m1/s1. The van der Waals surface area contributed by atoms with E-state index in [9.17, 15) is 9.59 Å². The summed E-state index contributed by atoms with van der Waals surface area (Å²) < 4.78 is 24.2. The number of rotatable bonds is 4. The summed E-state index contributed by atoms with van der Waals surface area (Å²) >= 11 is 0. The Bertz CT molecular complexity index is 1220. The number of oxime groups is 1. The first-order chi connectivity index (χ1) is 17.9. The van der Waals surface area contributed by atoms with Gasteiger partial charge in [-0.1, -0.05) is 45.9 Å². The van der Waals surface area contributed by atoms with E-state index in [-0.39, 0.29) is 34.6 Å². The van der Waals surface area contributed by atoms with E-state index in [4.69, 9.17) is 23.5 Å². The lowest BCUT2D eigenvalue weighted by atomic mass is 9.35. The molecule has 1 spiro atoms. The largest absolute Gasteiger partial charge is 0.472 e. The highest BCUT2D eigenvalue weighted by Crippen LogP contribution is 2.79. The third kappa shape index (κ3) is 2.93. The van der Waals surface area contributed by atoms with Crippen LogP contribution in [0.25, 0.3) is 0 Å². The average molecular weight is 526 g/mol. The van der Waals surface area contributed by atoms with Gasteiger partial charge in [-0.3, -0.25) is 4.79 Å². The number of furan rings is 1. The summed E-state index contributed by atoms with van der Waals surface area (Å²) in [6, 6.07) is 1.86. The van der Waals surface area contributed by atoms with Crippen LogP contribution < -0.4 is 0 Å². The van der Waals surface area contributed by atoms with Gasteiger partial charge in [-0.05, 0) is 55.6 Å². The smallest absolute Gasteiger partial charge is 0.339 e. The molecule has 0 radical (unpaired) electrons. The van der Waals surface area contributed by atoms with E-state index < -0.39 is 34.7 Å². The minimum atomic E-state index is -0.827. The number of ether oxygens (including phenoxy) is 3. The summed E-state index contributed by atoms with van der Waals surface area (Å²) in [5, 5.41) is 4.46. The van der Waals surface area contributed by atoms with Crippen LogP contribution in [0.4, 0.5) is 0 Å². The number of cyclic esters (lactones) is 1. The van der Waals surface area contributed by atoms with Crippen LogP contribution in [0.3, 0.4) is 0 Å². The molecule has 1 aromatic rings. The van der Waals surface area contributed by atoms with Gasteiger partial charge in [0.1, 0.15) is 24.4 Å². The first-order valence-electron chi connectivity index (χ1n) is 13.8. The van der Waals surface area contributed by atoms with E-state index in [0.717, 1.165) is 24.1 Å². The maximum absolute atomic E-state index is 13.4. The van der Waals surface area contributed by atoms with Crippen LogP contribution in [0.1, 0.15) is 79.4 Å². The number of nitrogens with zero attached hydrogens (tertiary/aromatic N) is 1. The molecule has 206 valence electrons. The van der Waals surface area contributed by atoms with Crippen LogP contribution in [-0.2, 0) is 28.6 Å². The highest BCUT2D eigenvalue weighted by Gasteiger charge is 2.88. The van der Waals surface area contributed by atoms with Gasteiger partial charge in [0.2, 0.25) is 0 Å². The SMILES string of the molecule is CCO/N=C1\C=C[C@@]2(C)C(C[C@@H](OC(C)=O)[C@]3(C)C2CC[C@@]2(C)[C@H](c4ccoc4)OC(=O)[C@H]4O[C@]423)C1(C)C. The Morgan fingerprint density at radius 2 is 1.92 bits per heavy atom. The fourth-order valence-electron chi connectivity index (χ4n) is 9.49. The van der Waals surface area contributed by atoms with Crippen LogP contribution >= 0.6 is 0 Å². The summed E-state index contributed by atoms with van der Waals surface area (Å²) in [6.07, 6.45) is 8.34. The number of carbonyl (C=O) groups is 2. The van der Waals surface area contributed by atoms with E-state index in [1.54, 1.807) is 12.5 Å². The minimum absolute atomic E-state index is 0.0937. The molecule has 0 bridgehead atoms. The zero-order valence-corrected chi connectivity index (χ0v) is 23.4. The summed E-state index contributed by atoms with van der Waals surface area (Å²) in [5.74, 6) is -0.442. The monoisotopic (exact) mass is 525 g/mol. The molecule has 6 rings (SSSR count). The molecule has 3 aliphatic carbocycles. The van der Waals surface area contributed by atoms with Crippen molar-refractivity contribution in [3.05, 3.63) is 36.3 Å². The molecule has 8 heteroatoms. The molecule has 2 saturated carbocycles. The number of hydrogen-bond donors (Lipinski definition) is 0. The number of hydrogen-bond acceptors (Lipinski definition) is 8. The predicted molar refractivity (Wildman–Crippen MR) is 138 cm³/mol. The van der Waals surface area contributed by atoms with Crippen LogP contribution in [-0.4, -0.2) is 42.1 Å². The highest BCUT2D eigenvalue weighted by atomic mass is 16.7. The molecular weight excluding hydrogens is 486 g/mol. The molecule has 2 aliphatic heterocycles. The number of epoxide rings is 1. The molecular formula is C30H39NO7. The Morgan fingerprint density at radius 3 is 2.58 bits per heavy atom. The Labute approximate surface area is 224 Å². The van der Waals surface area contributed by atoms with Crippen molar-refractivity contribution < 1.29 is 33.1 Å². The van der Waals surface area contributed by atoms with Gasteiger partial charge in [0.25, 0.3) is 0 Å². The summed E-state index contributed by atoms with van der Waals surface area (Å²) in [7, 11) is 0. The Kier molecular flexibility index (Phi) is 5.38. The highest BCUT2D eigenvalue weighted by molar-refractivity contribution is 6.00. The quantitative estimate of drug-likeness (QED) is 0.295. The second-order valence-electron chi connectivity index (χ2n) is 13.1. The van der Waals surface area contributed by atoms with Gasteiger partial charge < -0.3 is 23.5 Å². The van der Waals surface area contributed by atoms with Crippen molar-refractivity contribution in [3.8, 4) is 0 Å². The number of esters is 2. The van der Waals surface area contributed by atoms with Gasteiger partial charge in [-0.25, -0.2) is 4.79 Å². The maximum Gasteiger partial charge on any atom is 0.339 e. The fourth-order valence-corrected chi connectivity index (χ4v) is 9.49. The van der Waals surface area contributed by atoms with Gasteiger partial charge in [0, 0.05) is 28.7 Å². The van der Waals surface area contributed by atoms with Crippen molar-refractivity contribution in [2.75, 3.05) is 6.61 Å². The molecule has 1 aromatic heterocycles. The third-order valence-corrected chi connectivity index (χ3v) is 11.2. The Balaban J connectivity index is 1.52.